The highest BCUT2D eigenvalue weighted by Crippen LogP contribution is 2.32. The molecule has 0 unspecified atom stereocenters. The number of fused-ring (bicyclic) bond motifs is 1. The maximum absolute atomic E-state index is 12.2. The van der Waals surface area contributed by atoms with Gasteiger partial charge in [-0.1, -0.05) is 41.2 Å². The molecule has 6 nitrogen and oxygen atoms in total. The first-order valence-corrected chi connectivity index (χ1v) is 9.69. The molecular weight excluding hydrogens is 372 g/mol. The average molecular weight is 392 g/mol. The Morgan fingerprint density at radius 3 is 2.89 bits per heavy atom. The van der Waals surface area contributed by atoms with Crippen molar-refractivity contribution in [3.05, 3.63) is 65.6 Å². The second-order valence-corrected chi connectivity index (χ2v) is 7.68. The van der Waals surface area contributed by atoms with Crippen LogP contribution in [0, 0.1) is 13.8 Å². The second-order valence-electron chi connectivity index (χ2n) is 6.68. The van der Waals surface area contributed by atoms with Crippen LogP contribution in [0.2, 0.25) is 0 Å². The minimum absolute atomic E-state index is 0.181. The Morgan fingerprint density at radius 1 is 1.21 bits per heavy atom. The Balaban J connectivity index is 1.42. The van der Waals surface area contributed by atoms with Gasteiger partial charge in [-0.3, -0.25) is 5.32 Å². The first-order chi connectivity index (χ1) is 13.5. The summed E-state index contributed by atoms with van der Waals surface area (Å²) in [5, 5.41) is 4.37. The number of rotatable bonds is 4. The minimum atomic E-state index is -0.497. The number of benzene rings is 2. The fraction of sp³-hybridized carbons (Fsp3) is 0.190. The number of thiazole rings is 1. The van der Waals surface area contributed by atoms with Crippen molar-refractivity contribution in [3.63, 3.8) is 0 Å². The summed E-state index contributed by atoms with van der Waals surface area (Å²) in [6, 6.07) is 14.0. The molecule has 0 aliphatic carbocycles. The highest BCUT2D eigenvalue weighted by atomic mass is 32.1. The van der Waals surface area contributed by atoms with E-state index in [2.05, 4.69) is 21.4 Å². The van der Waals surface area contributed by atoms with E-state index in [0.717, 1.165) is 32.9 Å². The summed E-state index contributed by atoms with van der Waals surface area (Å²) in [7, 11) is 1.95. The highest BCUT2D eigenvalue weighted by molar-refractivity contribution is 7.19. The van der Waals surface area contributed by atoms with E-state index in [9.17, 15) is 4.79 Å². The number of nitrogens with zero attached hydrogens (tertiary/aromatic N) is 3. The third kappa shape index (κ3) is 3.75. The van der Waals surface area contributed by atoms with E-state index in [1.165, 1.54) is 16.9 Å². The van der Waals surface area contributed by atoms with Gasteiger partial charge >= 0.3 is 6.09 Å². The summed E-state index contributed by atoms with van der Waals surface area (Å²) < 4.78 is 7.32. The summed E-state index contributed by atoms with van der Waals surface area (Å²) in [5.74, 6) is 0. The van der Waals surface area contributed by atoms with Crippen molar-refractivity contribution >= 4 is 33.5 Å². The first-order valence-electron chi connectivity index (χ1n) is 8.88. The molecule has 0 bridgehead atoms. The highest BCUT2D eigenvalue weighted by Gasteiger charge is 2.13. The van der Waals surface area contributed by atoms with E-state index in [1.54, 1.807) is 6.33 Å². The summed E-state index contributed by atoms with van der Waals surface area (Å²) in [5.41, 5.74) is 5.79. The van der Waals surface area contributed by atoms with E-state index in [0.29, 0.717) is 5.00 Å². The van der Waals surface area contributed by atoms with Gasteiger partial charge in [0.25, 0.3) is 0 Å². The topological polar surface area (TPSA) is 69.0 Å². The van der Waals surface area contributed by atoms with Gasteiger partial charge in [0.2, 0.25) is 0 Å². The molecule has 0 spiro atoms. The number of anilines is 1. The SMILES string of the molecule is Cc1cccc(-c2nc(C)c(NC(=O)OCc3ccc4c(c3)ncn4C)s2)c1. The van der Waals surface area contributed by atoms with Gasteiger partial charge in [0, 0.05) is 12.6 Å². The Bertz CT molecular complexity index is 1160. The normalized spacial score (nSPS) is 11.0. The van der Waals surface area contributed by atoms with Gasteiger partial charge in [0.1, 0.15) is 16.6 Å². The van der Waals surface area contributed by atoms with Gasteiger partial charge in [0.15, 0.2) is 0 Å². The number of hydrogen-bond acceptors (Lipinski definition) is 5. The number of aryl methyl sites for hydroxylation is 3. The summed E-state index contributed by atoms with van der Waals surface area (Å²) in [6.07, 6.45) is 1.27. The molecule has 0 aliphatic heterocycles. The number of amides is 1. The standard InChI is InChI=1S/C21H20N4O2S/c1-13-5-4-6-16(9-13)20-23-14(2)19(28-20)24-21(26)27-11-15-7-8-18-17(10-15)22-12-25(18)3/h4-10,12H,11H2,1-3H3,(H,24,26). The van der Waals surface area contributed by atoms with Crippen molar-refractivity contribution in [2.45, 2.75) is 20.5 Å². The van der Waals surface area contributed by atoms with Crippen molar-refractivity contribution in [3.8, 4) is 10.6 Å². The average Bonchev–Trinajstić information content (AvgIpc) is 3.23. The number of carbonyl (C=O) groups is 1. The molecule has 1 amide bonds. The molecule has 0 saturated heterocycles. The first kappa shape index (κ1) is 18.2. The number of aromatic nitrogens is 3. The number of ether oxygens (including phenoxy) is 1. The van der Waals surface area contributed by atoms with E-state index >= 15 is 0 Å². The molecule has 4 aromatic rings. The zero-order valence-corrected chi connectivity index (χ0v) is 16.7. The Labute approximate surface area is 166 Å². The fourth-order valence-corrected chi connectivity index (χ4v) is 3.91. The third-order valence-corrected chi connectivity index (χ3v) is 5.56. The predicted molar refractivity (Wildman–Crippen MR) is 112 cm³/mol. The smallest absolute Gasteiger partial charge is 0.412 e. The van der Waals surface area contributed by atoms with Crippen molar-refractivity contribution in [1.29, 1.82) is 0 Å². The zero-order valence-electron chi connectivity index (χ0n) is 15.9. The number of carbonyl (C=O) groups excluding carboxylic acids is 1. The fourth-order valence-electron chi connectivity index (χ4n) is 2.96. The minimum Gasteiger partial charge on any atom is -0.444 e. The van der Waals surface area contributed by atoms with Crippen LogP contribution >= 0.6 is 11.3 Å². The lowest BCUT2D eigenvalue weighted by Gasteiger charge is -2.06. The Morgan fingerprint density at radius 2 is 2.07 bits per heavy atom. The van der Waals surface area contributed by atoms with E-state index in [4.69, 9.17) is 4.74 Å². The number of nitrogens with one attached hydrogen (secondary N) is 1. The molecule has 142 valence electrons. The van der Waals surface area contributed by atoms with Gasteiger partial charge in [-0.15, -0.1) is 0 Å². The third-order valence-electron chi connectivity index (χ3n) is 4.44. The lowest BCUT2D eigenvalue weighted by molar-refractivity contribution is 0.155. The monoisotopic (exact) mass is 392 g/mol. The molecule has 0 fully saturated rings. The summed E-state index contributed by atoms with van der Waals surface area (Å²) in [4.78, 5) is 21.1. The van der Waals surface area contributed by atoms with Crippen LogP contribution in [0.1, 0.15) is 16.8 Å². The van der Waals surface area contributed by atoms with Crippen LogP contribution in [-0.2, 0) is 18.4 Å². The molecule has 0 atom stereocenters. The van der Waals surface area contributed by atoms with Gasteiger partial charge in [-0.2, -0.15) is 0 Å². The predicted octanol–water partition coefficient (Wildman–Crippen LogP) is 5.06. The molecule has 0 radical (unpaired) electrons. The lowest BCUT2D eigenvalue weighted by Crippen LogP contribution is -2.13. The van der Waals surface area contributed by atoms with Crippen LogP contribution in [0.5, 0.6) is 0 Å². The Hall–Kier alpha value is -3.19. The van der Waals surface area contributed by atoms with Gasteiger partial charge in [0.05, 0.1) is 23.1 Å². The molecule has 1 N–H and O–H groups in total. The molecule has 4 rings (SSSR count). The maximum atomic E-state index is 12.2. The van der Waals surface area contributed by atoms with Gasteiger partial charge in [-0.25, -0.2) is 14.8 Å². The molecule has 7 heteroatoms. The van der Waals surface area contributed by atoms with Crippen molar-refractivity contribution < 1.29 is 9.53 Å². The van der Waals surface area contributed by atoms with Gasteiger partial charge < -0.3 is 9.30 Å². The maximum Gasteiger partial charge on any atom is 0.412 e. The number of imidazole rings is 1. The molecule has 28 heavy (non-hydrogen) atoms. The van der Waals surface area contributed by atoms with Crippen molar-refractivity contribution in [1.82, 2.24) is 14.5 Å². The lowest BCUT2D eigenvalue weighted by atomic mass is 10.1. The largest absolute Gasteiger partial charge is 0.444 e. The van der Waals surface area contributed by atoms with E-state index in [1.807, 2.05) is 61.9 Å². The summed E-state index contributed by atoms with van der Waals surface area (Å²) >= 11 is 1.44. The van der Waals surface area contributed by atoms with Crippen LogP contribution in [-0.4, -0.2) is 20.6 Å². The van der Waals surface area contributed by atoms with Crippen LogP contribution in [0.3, 0.4) is 0 Å². The molecule has 2 aromatic heterocycles. The van der Waals surface area contributed by atoms with Crippen molar-refractivity contribution in [2.24, 2.45) is 7.05 Å². The van der Waals surface area contributed by atoms with E-state index in [-0.39, 0.29) is 6.61 Å². The quantitative estimate of drug-likeness (QED) is 0.527. The Kier molecular flexibility index (Phi) is 4.83. The molecular formula is C21H20N4O2S. The van der Waals surface area contributed by atoms with Crippen LogP contribution in [0.25, 0.3) is 21.6 Å². The zero-order chi connectivity index (χ0) is 19.7. The van der Waals surface area contributed by atoms with Crippen molar-refractivity contribution in [2.75, 3.05) is 5.32 Å². The summed E-state index contributed by atoms with van der Waals surface area (Å²) in [6.45, 7) is 4.10. The second kappa shape index (κ2) is 7.44. The van der Waals surface area contributed by atoms with Crippen LogP contribution in [0.4, 0.5) is 9.80 Å². The van der Waals surface area contributed by atoms with Crippen LogP contribution < -0.4 is 5.32 Å². The number of hydrogen-bond donors (Lipinski definition) is 1. The molecule has 2 heterocycles. The molecule has 2 aromatic carbocycles. The molecule has 0 aliphatic rings. The molecule has 0 saturated carbocycles. The van der Waals surface area contributed by atoms with E-state index < -0.39 is 6.09 Å². The van der Waals surface area contributed by atoms with Gasteiger partial charge in [-0.05, 0) is 37.6 Å². The van der Waals surface area contributed by atoms with Crippen LogP contribution in [0.15, 0.2) is 48.8 Å².